The highest BCUT2D eigenvalue weighted by atomic mass is 16.5. The molecule has 0 radical (unpaired) electrons. The molecule has 0 saturated heterocycles. The maximum Gasteiger partial charge on any atom is 0.130 e. The van der Waals surface area contributed by atoms with E-state index in [0.29, 0.717) is 11.6 Å². The van der Waals surface area contributed by atoms with Gasteiger partial charge in [0.15, 0.2) is 0 Å². The van der Waals surface area contributed by atoms with Crippen LogP contribution < -0.4 is 10.5 Å². The van der Waals surface area contributed by atoms with E-state index in [1.807, 2.05) is 24.3 Å². The number of nitrogens with two attached hydrogens (primary N) is 1. The molecule has 1 aromatic heterocycles. The molecule has 3 heteroatoms. The predicted octanol–water partition coefficient (Wildman–Crippen LogP) is 3.24. The van der Waals surface area contributed by atoms with E-state index in [1.54, 1.807) is 6.20 Å². The van der Waals surface area contributed by atoms with Gasteiger partial charge in [-0.25, -0.2) is 0 Å². The Labute approximate surface area is 102 Å². The van der Waals surface area contributed by atoms with Gasteiger partial charge in [0, 0.05) is 11.6 Å². The third-order valence-electron chi connectivity index (χ3n) is 2.72. The predicted molar refractivity (Wildman–Crippen MR) is 71.1 cm³/mol. The van der Waals surface area contributed by atoms with Crippen molar-refractivity contribution < 1.29 is 4.74 Å². The highest BCUT2D eigenvalue weighted by Gasteiger charge is 2.05. The summed E-state index contributed by atoms with van der Waals surface area (Å²) in [6.07, 6.45) is 2.79. The van der Waals surface area contributed by atoms with Crippen LogP contribution in [-0.4, -0.2) is 11.6 Å². The van der Waals surface area contributed by atoms with Gasteiger partial charge in [-0.05, 0) is 30.5 Å². The molecule has 1 aromatic carbocycles. The molecule has 0 unspecified atom stereocenters. The number of benzene rings is 1. The van der Waals surface area contributed by atoms with E-state index in [9.17, 15) is 0 Å². The number of aromatic nitrogens is 1. The number of fused-ring (bicyclic) bond motifs is 1. The van der Waals surface area contributed by atoms with Gasteiger partial charge in [0.25, 0.3) is 0 Å². The minimum absolute atomic E-state index is 0.646. The first kappa shape index (κ1) is 11.7. The molecule has 0 atom stereocenters. The van der Waals surface area contributed by atoms with Crippen LogP contribution in [0, 0.1) is 5.92 Å². The maximum absolute atomic E-state index is 5.88. The second kappa shape index (κ2) is 5.04. The highest BCUT2D eigenvalue weighted by molar-refractivity contribution is 5.93. The van der Waals surface area contributed by atoms with E-state index in [1.165, 1.54) is 0 Å². The second-order valence-corrected chi connectivity index (χ2v) is 4.58. The summed E-state index contributed by atoms with van der Waals surface area (Å²) in [6.45, 7) is 5.10. The number of para-hydroxylation sites is 1. The minimum atomic E-state index is 0.646. The van der Waals surface area contributed by atoms with Crippen molar-refractivity contribution in [1.82, 2.24) is 4.98 Å². The quantitative estimate of drug-likeness (QED) is 0.820. The Morgan fingerprint density at radius 2 is 2.12 bits per heavy atom. The van der Waals surface area contributed by atoms with Crippen LogP contribution in [0.2, 0.25) is 0 Å². The molecule has 3 nitrogen and oxygen atoms in total. The average molecular weight is 230 g/mol. The number of hydrogen-bond acceptors (Lipinski definition) is 3. The van der Waals surface area contributed by atoms with Gasteiger partial charge in [0.1, 0.15) is 5.75 Å². The molecule has 0 saturated carbocycles. The first-order valence-corrected chi connectivity index (χ1v) is 5.94. The topological polar surface area (TPSA) is 48.1 Å². The zero-order valence-corrected chi connectivity index (χ0v) is 10.3. The third kappa shape index (κ3) is 2.67. The summed E-state index contributed by atoms with van der Waals surface area (Å²) in [5.41, 5.74) is 7.39. The van der Waals surface area contributed by atoms with Crippen molar-refractivity contribution in [3.8, 4) is 5.75 Å². The summed E-state index contributed by atoms with van der Waals surface area (Å²) >= 11 is 0. The number of rotatable bonds is 4. The van der Waals surface area contributed by atoms with Crippen LogP contribution in [0.5, 0.6) is 5.75 Å². The number of pyridine rings is 1. The Morgan fingerprint density at radius 3 is 2.88 bits per heavy atom. The monoisotopic (exact) mass is 230 g/mol. The van der Waals surface area contributed by atoms with Crippen LogP contribution in [0.15, 0.2) is 30.5 Å². The number of nitrogen functional groups attached to an aromatic ring is 1. The van der Waals surface area contributed by atoms with Gasteiger partial charge in [-0.3, -0.25) is 4.98 Å². The first-order chi connectivity index (χ1) is 8.18. The number of ether oxygens (including phenoxy) is 1. The van der Waals surface area contributed by atoms with Gasteiger partial charge in [0.05, 0.1) is 17.8 Å². The Bertz CT molecular complexity index is 509. The van der Waals surface area contributed by atoms with Crippen LogP contribution in [0.1, 0.15) is 20.3 Å². The lowest BCUT2D eigenvalue weighted by molar-refractivity contribution is 0.292. The fourth-order valence-corrected chi connectivity index (χ4v) is 1.70. The Hall–Kier alpha value is -1.77. The third-order valence-corrected chi connectivity index (χ3v) is 2.72. The molecule has 90 valence electrons. The van der Waals surface area contributed by atoms with Crippen LogP contribution in [-0.2, 0) is 0 Å². The van der Waals surface area contributed by atoms with Gasteiger partial charge < -0.3 is 10.5 Å². The molecule has 0 bridgehead atoms. The number of hydrogen-bond donors (Lipinski definition) is 1. The van der Waals surface area contributed by atoms with E-state index >= 15 is 0 Å². The molecule has 2 N–H and O–H groups in total. The van der Waals surface area contributed by atoms with Crippen LogP contribution >= 0.6 is 0 Å². The summed E-state index contributed by atoms with van der Waals surface area (Å²) in [5.74, 6) is 1.51. The molecule has 0 fully saturated rings. The molecular weight excluding hydrogens is 212 g/mol. The number of nitrogens with zero attached hydrogens (tertiary/aromatic N) is 1. The van der Waals surface area contributed by atoms with E-state index in [-0.39, 0.29) is 0 Å². The van der Waals surface area contributed by atoms with Crippen LogP contribution in [0.4, 0.5) is 5.69 Å². The standard InChI is InChI=1S/C14H18N2O/c1-10(2)7-9-17-13-6-8-16-14-11(13)4-3-5-12(14)15/h3-6,8,10H,7,9,15H2,1-2H3. The Kier molecular flexibility index (Phi) is 3.47. The largest absolute Gasteiger partial charge is 0.493 e. The molecule has 2 rings (SSSR count). The summed E-state index contributed by atoms with van der Waals surface area (Å²) in [4.78, 5) is 4.28. The minimum Gasteiger partial charge on any atom is -0.493 e. The SMILES string of the molecule is CC(C)CCOc1ccnc2c(N)cccc12. The molecular formula is C14H18N2O. The highest BCUT2D eigenvalue weighted by Crippen LogP contribution is 2.27. The lowest BCUT2D eigenvalue weighted by atomic mass is 10.1. The van der Waals surface area contributed by atoms with Crippen molar-refractivity contribution in [3.63, 3.8) is 0 Å². The summed E-state index contributed by atoms with van der Waals surface area (Å²) < 4.78 is 5.79. The van der Waals surface area contributed by atoms with E-state index in [0.717, 1.165) is 29.7 Å². The molecule has 0 aliphatic carbocycles. The normalized spacial score (nSPS) is 11.0. The smallest absolute Gasteiger partial charge is 0.130 e. The Balaban J connectivity index is 2.25. The lowest BCUT2D eigenvalue weighted by Gasteiger charge is -2.10. The van der Waals surface area contributed by atoms with Gasteiger partial charge in [0.2, 0.25) is 0 Å². The average Bonchev–Trinajstić information content (AvgIpc) is 2.30. The van der Waals surface area contributed by atoms with Gasteiger partial charge in [-0.15, -0.1) is 0 Å². The fourth-order valence-electron chi connectivity index (χ4n) is 1.70. The molecule has 0 spiro atoms. The first-order valence-electron chi connectivity index (χ1n) is 5.94. The van der Waals surface area contributed by atoms with E-state index < -0.39 is 0 Å². The number of anilines is 1. The molecule has 0 amide bonds. The molecule has 0 aliphatic rings. The lowest BCUT2D eigenvalue weighted by Crippen LogP contribution is -2.02. The zero-order valence-electron chi connectivity index (χ0n) is 10.3. The van der Waals surface area contributed by atoms with Crippen molar-refractivity contribution in [2.75, 3.05) is 12.3 Å². The van der Waals surface area contributed by atoms with Crippen molar-refractivity contribution in [2.24, 2.45) is 5.92 Å². The Morgan fingerprint density at radius 1 is 1.29 bits per heavy atom. The van der Waals surface area contributed by atoms with Gasteiger partial charge in [-0.2, -0.15) is 0 Å². The summed E-state index contributed by atoms with van der Waals surface area (Å²) in [5, 5.41) is 0.983. The van der Waals surface area contributed by atoms with Crippen LogP contribution in [0.25, 0.3) is 10.9 Å². The van der Waals surface area contributed by atoms with E-state index in [2.05, 4.69) is 18.8 Å². The van der Waals surface area contributed by atoms with Crippen molar-refractivity contribution in [3.05, 3.63) is 30.5 Å². The van der Waals surface area contributed by atoms with Crippen molar-refractivity contribution in [1.29, 1.82) is 0 Å². The fraction of sp³-hybridized carbons (Fsp3) is 0.357. The van der Waals surface area contributed by atoms with Gasteiger partial charge in [-0.1, -0.05) is 19.9 Å². The summed E-state index contributed by atoms with van der Waals surface area (Å²) in [7, 11) is 0. The molecule has 17 heavy (non-hydrogen) atoms. The molecule has 2 aromatic rings. The van der Waals surface area contributed by atoms with Crippen molar-refractivity contribution in [2.45, 2.75) is 20.3 Å². The van der Waals surface area contributed by atoms with Crippen LogP contribution in [0.3, 0.4) is 0 Å². The van der Waals surface area contributed by atoms with Crippen molar-refractivity contribution >= 4 is 16.6 Å². The summed E-state index contributed by atoms with van der Waals surface area (Å²) in [6, 6.07) is 7.66. The maximum atomic E-state index is 5.88. The zero-order chi connectivity index (χ0) is 12.3. The van der Waals surface area contributed by atoms with E-state index in [4.69, 9.17) is 10.5 Å². The second-order valence-electron chi connectivity index (χ2n) is 4.58. The molecule has 0 aliphatic heterocycles. The van der Waals surface area contributed by atoms with Gasteiger partial charge >= 0.3 is 0 Å². The molecule has 1 heterocycles.